The number of piperidine rings is 1. The van der Waals surface area contributed by atoms with Gasteiger partial charge in [-0.25, -0.2) is 12.7 Å². The molecule has 1 fully saturated rings. The SMILES string of the molecule is CCCS(=O)(=O)N1CC2CC(C1)c1c(-c3ccc(OC(F)(F)F)cc3)ccc(=O)n1C2. The van der Waals surface area contributed by atoms with Crippen LogP contribution in [0.5, 0.6) is 5.75 Å². The molecule has 1 aromatic heterocycles. The van der Waals surface area contributed by atoms with Crippen molar-refractivity contribution in [2.24, 2.45) is 5.92 Å². The fraction of sp³-hybridized carbons (Fsp3) is 0.476. The van der Waals surface area contributed by atoms with Crippen molar-refractivity contribution in [1.82, 2.24) is 8.87 Å². The van der Waals surface area contributed by atoms with Gasteiger partial charge < -0.3 is 9.30 Å². The van der Waals surface area contributed by atoms with Crippen molar-refractivity contribution >= 4 is 10.0 Å². The number of fused-ring (bicyclic) bond motifs is 4. The van der Waals surface area contributed by atoms with Gasteiger partial charge in [-0.05, 0) is 42.5 Å². The van der Waals surface area contributed by atoms with Crippen LogP contribution in [0.15, 0.2) is 41.2 Å². The van der Waals surface area contributed by atoms with Crippen LogP contribution in [0.1, 0.15) is 31.4 Å². The number of hydrogen-bond acceptors (Lipinski definition) is 4. The highest BCUT2D eigenvalue weighted by Gasteiger charge is 2.40. The number of aromatic nitrogens is 1. The van der Waals surface area contributed by atoms with Crippen molar-refractivity contribution in [3.63, 3.8) is 0 Å². The Morgan fingerprint density at radius 1 is 1.06 bits per heavy atom. The lowest BCUT2D eigenvalue weighted by molar-refractivity contribution is -0.274. The van der Waals surface area contributed by atoms with Crippen LogP contribution in [0, 0.1) is 5.92 Å². The van der Waals surface area contributed by atoms with E-state index < -0.39 is 16.4 Å². The molecule has 2 aromatic rings. The summed E-state index contributed by atoms with van der Waals surface area (Å²) in [6.07, 6.45) is -3.48. The average molecular weight is 456 g/mol. The summed E-state index contributed by atoms with van der Waals surface area (Å²) in [4.78, 5) is 12.6. The molecule has 2 unspecified atom stereocenters. The maximum atomic E-state index is 12.7. The summed E-state index contributed by atoms with van der Waals surface area (Å²) >= 11 is 0. The van der Waals surface area contributed by atoms with E-state index in [0.717, 1.165) is 17.7 Å². The Morgan fingerprint density at radius 3 is 2.42 bits per heavy atom. The quantitative estimate of drug-likeness (QED) is 0.690. The lowest BCUT2D eigenvalue weighted by Gasteiger charge is -2.43. The summed E-state index contributed by atoms with van der Waals surface area (Å²) in [5.74, 6) is -0.350. The predicted molar refractivity (Wildman–Crippen MR) is 109 cm³/mol. The highest BCUT2D eigenvalue weighted by Crippen LogP contribution is 2.41. The first-order valence-electron chi connectivity index (χ1n) is 10.1. The molecule has 168 valence electrons. The molecule has 2 aliphatic heterocycles. The number of hydrogen-bond donors (Lipinski definition) is 0. The van der Waals surface area contributed by atoms with Crippen molar-refractivity contribution in [2.75, 3.05) is 18.8 Å². The van der Waals surface area contributed by atoms with E-state index in [2.05, 4.69) is 4.74 Å². The third-order valence-corrected chi connectivity index (χ3v) is 7.82. The molecule has 0 radical (unpaired) electrons. The van der Waals surface area contributed by atoms with Gasteiger partial charge in [-0.2, -0.15) is 0 Å². The van der Waals surface area contributed by atoms with Crippen LogP contribution >= 0.6 is 0 Å². The van der Waals surface area contributed by atoms with Gasteiger partial charge in [-0.1, -0.05) is 19.1 Å². The minimum atomic E-state index is -4.77. The Kier molecular flexibility index (Phi) is 5.63. The molecule has 0 spiro atoms. The van der Waals surface area contributed by atoms with Gasteiger partial charge in [-0.3, -0.25) is 4.79 Å². The molecule has 2 bridgehead atoms. The van der Waals surface area contributed by atoms with Crippen LogP contribution in [0.3, 0.4) is 0 Å². The maximum absolute atomic E-state index is 12.7. The van der Waals surface area contributed by atoms with Gasteiger partial charge in [0.2, 0.25) is 10.0 Å². The Labute approximate surface area is 178 Å². The number of benzene rings is 1. The number of alkyl halides is 3. The normalized spacial score (nSPS) is 21.5. The fourth-order valence-corrected chi connectivity index (χ4v) is 6.28. The van der Waals surface area contributed by atoms with Gasteiger partial charge in [0.05, 0.1) is 5.75 Å². The topological polar surface area (TPSA) is 68.6 Å². The largest absolute Gasteiger partial charge is 0.573 e. The first-order valence-corrected chi connectivity index (χ1v) is 11.8. The molecule has 4 rings (SSSR count). The zero-order valence-corrected chi connectivity index (χ0v) is 17.7. The molecule has 0 N–H and O–H groups in total. The lowest BCUT2D eigenvalue weighted by atomic mass is 9.81. The summed E-state index contributed by atoms with van der Waals surface area (Å²) in [5, 5.41) is 0. The van der Waals surface area contributed by atoms with E-state index in [1.807, 2.05) is 6.92 Å². The fourth-order valence-electron chi connectivity index (χ4n) is 4.67. The van der Waals surface area contributed by atoms with E-state index in [-0.39, 0.29) is 28.9 Å². The van der Waals surface area contributed by atoms with Crippen molar-refractivity contribution in [3.05, 3.63) is 52.4 Å². The highest BCUT2D eigenvalue weighted by molar-refractivity contribution is 7.89. The van der Waals surface area contributed by atoms with E-state index >= 15 is 0 Å². The van der Waals surface area contributed by atoms with E-state index in [0.29, 0.717) is 31.6 Å². The average Bonchev–Trinajstić information content (AvgIpc) is 2.68. The standard InChI is InChI=1S/C21H23F3N2O4S/c1-2-9-31(28,29)25-11-14-10-16(13-25)20-18(7-8-19(27)26(20)12-14)15-3-5-17(6-4-15)30-21(22,23)24/h3-8,14,16H,2,9-13H2,1H3. The molecule has 31 heavy (non-hydrogen) atoms. The van der Waals surface area contributed by atoms with Gasteiger partial charge in [0, 0.05) is 42.9 Å². The Balaban J connectivity index is 1.71. The van der Waals surface area contributed by atoms with Gasteiger partial charge in [-0.15, -0.1) is 13.2 Å². The lowest BCUT2D eigenvalue weighted by Crippen LogP contribution is -2.49. The molecule has 6 nitrogen and oxygen atoms in total. The van der Waals surface area contributed by atoms with Gasteiger partial charge in [0.15, 0.2) is 0 Å². The van der Waals surface area contributed by atoms with Crippen molar-refractivity contribution in [2.45, 2.75) is 38.6 Å². The summed E-state index contributed by atoms with van der Waals surface area (Å²) in [6.45, 7) is 2.94. The van der Waals surface area contributed by atoms with Crippen molar-refractivity contribution < 1.29 is 26.3 Å². The van der Waals surface area contributed by atoms with Crippen LogP contribution in [0.4, 0.5) is 13.2 Å². The van der Waals surface area contributed by atoms with Gasteiger partial charge in [0.1, 0.15) is 5.75 Å². The van der Waals surface area contributed by atoms with E-state index in [9.17, 15) is 26.4 Å². The minimum Gasteiger partial charge on any atom is -0.406 e. The summed E-state index contributed by atoms with van der Waals surface area (Å²) in [5.41, 5.74) is 1.95. The molecule has 0 amide bonds. The number of nitrogens with zero attached hydrogens (tertiary/aromatic N) is 2. The monoisotopic (exact) mass is 456 g/mol. The van der Waals surface area contributed by atoms with Crippen LogP contribution < -0.4 is 10.3 Å². The predicted octanol–water partition coefficient (Wildman–Crippen LogP) is 3.57. The summed E-state index contributed by atoms with van der Waals surface area (Å²) < 4.78 is 69.8. The number of pyridine rings is 1. The summed E-state index contributed by atoms with van der Waals surface area (Å²) in [6, 6.07) is 8.61. The number of sulfonamides is 1. The van der Waals surface area contributed by atoms with Gasteiger partial charge >= 0.3 is 6.36 Å². The Bertz CT molecular complexity index is 1130. The molecule has 0 aliphatic carbocycles. The Hall–Kier alpha value is -2.33. The maximum Gasteiger partial charge on any atom is 0.573 e. The van der Waals surface area contributed by atoms with Crippen LogP contribution in [0.25, 0.3) is 11.1 Å². The summed E-state index contributed by atoms with van der Waals surface area (Å²) in [7, 11) is -3.37. The zero-order chi connectivity index (χ0) is 22.4. The molecule has 0 saturated carbocycles. The third kappa shape index (κ3) is 4.50. The van der Waals surface area contributed by atoms with Crippen LogP contribution in [-0.4, -0.2) is 42.5 Å². The van der Waals surface area contributed by atoms with Crippen molar-refractivity contribution in [1.29, 1.82) is 0 Å². The third-order valence-electron chi connectivity index (χ3n) is 5.81. The van der Waals surface area contributed by atoms with Crippen LogP contribution in [0.2, 0.25) is 0 Å². The first-order chi connectivity index (χ1) is 14.6. The zero-order valence-electron chi connectivity index (χ0n) is 16.9. The smallest absolute Gasteiger partial charge is 0.406 e. The Morgan fingerprint density at radius 2 is 1.77 bits per heavy atom. The molecular formula is C21H23F3N2O4S. The minimum absolute atomic E-state index is 0.0494. The highest BCUT2D eigenvalue weighted by atomic mass is 32.2. The van der Waals surface area contributed by atoms with E-state index in [1.165, 1.54) is 34.6 Å². The first kappa shape index (κ1) is 21.9. The van der Waals surface area contributed by atoms with Gasteiger partial charge in [0.25, 0.3) is 5.56 Å². The molecule has 10 heteroatoms. The second kappa shape index (κ2) is 7.98. The second-order valence-electron chi connectivity index (χ2n) is 8.08. The molecule has 1 saturated heterocycles. The van der Waals surface area contributed by atoms with Crippen molar-refractivity contribution in [3.8, 4) is 16.9 Å². The molecule has 2 atom stereocenters. The molecule has 2 aliphatic rings. The molecule has 3 heterocycles. The molecule has 1 aromatic carbocycles. The number of halogens is 3. The van der Waals surface area contributed by atoms with Crippen LogP contribution in [-0.2, 0) is 16.6 Å². The second-order valence-corrected chi connectivity index (χ2v) is 10.2. The van der Waals surface area contributed by atoms with E-state index in [4.69, 9.17) is 0 Å². The number of rotatable bonds is 5. The molecular weight excluding hydrogens is 433 g/mol. The number of ether oxygens (including phenoxy) is 1. The van der Waals surface area contributed by atoms with E-state index in [1.54, 1.807) is 10.6 Å².